The number of benzene rings is 1. The smallest absolute Gasteiger partial charge is 0.222 e. The summed E-state index contributed by atoms with van der Waals surface area (Å²) < 4.78 is 5.77. The molecule has 2 aliphatic rings. The van der Waals surface area contributed by atoms with Gasteiger partial charge >= 0.3 is 0 Å². The Labute approximate surface area is 125 Å². The van der Waals surface area contributed by atoms with Crippen molar-refractivity contribution >= 4 is 5.91 Å². The Balaban J connectivity index is 1.63. The zero-order chi connectivity index (χ0) is 14.7. The fraction of sp³-hybridized carbons (Fsp3) is 0.562. The van der Waals surface area contributed by atoms with E-state index in [0.29, 0.717) is 13.0 Å². The summed E-state index contributed by atoms with van der Waals surface area (Å²) in [6, 6.07) is 5.85. The highest BCUT2D eigenvalue weighted by Gasteiger charge is 2.21. The lowest BCUT2D eigenvalue weighted by atomic mass is 10.1. The monoisotopic (exact) mass is 290 g/mol. The van der Waals surface area contributed by atoms with Gasteiger partial charge in [0.05, 0.1) is 6.61 Å². The molecule has 2 aliphatic heterocycles. The van der Waals surface area contributed by atoms with Crippen molar-refractivity contribution in [3.05, 3.63) is 29.3 Å². The van der Waals surface area contributed by atoms with E-state index in [1.54, 1.807) is 0 Å². The van der Waals surface area contributed by atoms with Crippen LogP contribution in [0.5, 0.6) is 5.75 Å². The standard InChI is InChI=1S/C16H22N2O3/c19-12-13-3-4-15-14(10-13)11-17(8-9-21-15)6-7-18-5-1-2-16(18)20/h3-4,10,19H,1-2,5-9,11-12H2. The van der Waals surface area contributed by atoms with E-state index in [1.807, 2.05) is 23.1 Å². The number of likely N-dealkylation sites (tertiary alicyclic amines) is 1. The van der Waals surface area contributed by atoms with Crippen LogP contribution in [0.15, 0.2) is 18.2 Å². The van der Waals surface area contributed by atoms with Crippen molar-refractivity contribution in [2.75, 3.05) is 32.8 Å². The second-order valence-corrected chi connectivity index (χ2v) is 5.71. The summed E-state index contributed by atoms with van der Waals surface area (Å²) in [7, 11) is 0. The summed E-state index contributed by atoms with van der Waals surface area (Å²) in [5, 5.41) is 9.25. The average Bonchev–Trinajstić information content (AvgIpc) is 2.80. The van der Waals surface area contributed by atoms with E-state index < -0.39 is 0 Å². The molecule has 0 unspecified atom stereocenters. The van der Waals surface area contributed by atoms with E-state index in [-0.39, 0.29) is 12.5 Å². The Kier molecular flexibility index (Phi) is 4.41. The fourth-order valence-electron chi connectivity index (χ4n) is 2.99. The Bertz CT molecular complexity index is 518. The molecule has 114 valence electrons. The van der Waals surface area contributed by atoms with Crippen LogP contribution in [0.2, 0.25) is 0 Å². The maximum absolute atomic E-state index is 11.7. The van der Waals surface area contributed by atoms with Gasteiger partial charge in [-0.1, -0.05) is 6.07 Å². The van der Waals surface area contributed by atoms with Crippen LogP contribution in [-0.2, 0) is 17.9 Å². The highest BCUT2D eigenvalue weighted by Crippen LogP contribution is 2.24. The van der Waals surface area contributed by atoms with Gasteiger partial charge < -0.3 is 14.7 Å². The molecule has 0 aliphatic carbocycles. The third-order valence-corrected chi connectivity index (χ3v) is 4.22. The number of carbonyl (C=O) groups is 1. The Morgan fingerprint density at radius 3 is 2.90 bits per heavy atom. The molecular weight excluding hydrogens is 268 g/mol. The van der Waals surface area contributed by atoms with E-state index in [2.05, 4.69) is 4.90 Å². The minimum atomic E-state index is 0.0512. The predicted molar refractivity (Wildman–Crippen MR) is 79.0 cm³/mol. The number of amides is 1. The van der Waals surface area contributed by atoms with Gasteiger partial charge in [0.1, 0.15) is 12.4 Å². The number of carbonyl (C=O) groups excluding carboxylic acids is 1. The highest BCUT2D eigenvalue weighted by molar-refractivity contribution is 5.78. The van der Waals surface area contributed by atoms with Crippen LogP contribution < -0.4 is 4.74 Å². The van der Waals surface area contributed by atoms with Crippen LogP contribution in [0.4, 0.5) is 0 Å². The van der Waals surface area contributed by atoms with Crippen LogP contribution in [0.3, 0.4) is 0 Å². The van der Waals surface area contributed by atoms with E-state index in [9.17, 15) is 9.90 Å². The Morgan fingerprint density at radius 2 is 2.14 bits per heavy atom. The molecule has 0 saturated carbocycles. The molecule has 0 spiro atoms. The summed E-state index contributed by atoms with van der Waals surface area (Å²) >= 11 is 0. The molecule has 5 nitrogen and oxygen atoms in total. The molecule has 1 amide bonds. The third-order valence-electron chi connectivity index (χ3n) is 4.22. The molecule has 1 aromatic rings. The summed E-state index contributed by atoms with van der Waals surface area (Å²) in [5.74, 6) is 1.19. The van der Waals surface area contributed by atoms with Gasteiger partial charge in [-0.2, -0.15) is 0 Å². The number of hydrogen-bond acceptors (Lipinski definition) is 4. The first-order valence-corrected chi connectivity index (χ1v) is 7.62. The van der Waals surface area contributed by atoms with Crippen molar-refractivity contribution in [2.24, 2.45) is 0 Å². The number of aliphatic hydroxyl groups excluding tert-OH is 1. The molecule has 0 radical (unpaired) electrons. The first-order valence-electron chi connectivity index (χ1n) is 7.62. The molecule has 5 heteroatoms. The maximum Gasteiger partial charge on any atom is 0.222 e. The van der Waals surface area contributed by atoms with Gasteiger partial charge in [-0.05, 0) is 24.1 Å². The van der Waals surface area contributed by atoms with Crippen molar-refractivity contribution in [1.29, 1.82) is 0 Å². The van der Waals surface area contributed by atoms with Crippen LogP contribution >= 0.6 is 0 Å². The van der Waals surface area contributed by atoms with Crippen LogP contribution in [-0.4, -0.2) is 53.6 Å². The minimum absolute atomic E-state index is 0.0512. The topological polar surface area (TPSA) is 53.0 Å². The number of ether oxygens (including phenoxy) is 1. The molecule has 3 rings (SSSR count). The van der Waals surface area contributed by atoms with Crippen molar-refractivity contribution in [3.8, 4) is 5.75 Å². The molecule has 0 bridgehead atoms. The summed E-state index contributed by atoms with van der Waals surface area (Å²) in [5.41, 5.74) is 2.03. The Morgan fingerprint density at radius 1 is 1.24 bits per heavy atom. The van der Waals surface area contributed by atoms with Gasteiger partial charge in [-0.15, -0.1) is 0 Å². The van der Waals surface area contributed by atoms with Crippen molar-refractivity contribution in [1.82, 2.24) is 9.80 Å². The first-order chi connectivity index (χ1) is 10.3. The first kappa shape index (κ1) is 14.4. The maximum atomic E-state index is 11.7. The molecule has 1 fully saturated rings. The van der Waals surface area contributed by atoms with Gasteiger partial charge in [0.15, 0.2) is 0 Å². The van der Waals surface area contributed by atoms with Crippen molar-refractivity contribution < 1.29 is 14.6 Å². The second-order valence-electron chi connectivity index (χ2n) is 5.71. The summed E-state index contributed by atoms with van der Waals surface area (Å²) in [6.45, 7) is 4.96. The van der Waals surface area contributed by atoms with Crippen LogP contribution in [0.25, 0.3) is 0 Å². The largest absolute Gasteiger partial charge is 0.492 e. The normalized spacial score (nSPS) is 19.3. The van der Waals surface area contributed by atoms with E-state index in [4.69, 9.17) is 4.74 Å². The van der Waals surface area contributed by atoms with Gasteiger partial charge in [0.2, 0.25) is 5.91 Å². The van der Waals surface area contributed by atoms with Gasteiger partial charge in [-0.3, -0.25) is 9.69 Å². The lowest BCUT2D eigenvalue weighted by Gasteiger charge is -2.23. The third kappa shape index (κ3) is 3.36. The average molecular weight is 290 g/mol. The zero-order valence-corrected chi connectivity index (χ0v) is 12.3. The van der Waals surface area contributed by atoms with Gasteiger partial charge in [-0.25, -0.2) is 0 Å². The molecule has 0 aromatic heterocycles. The minimum Gasteiger partial charge on any atom is -0.492 e. The van der Waals surface area contributed by atoms with Crippen LogP contribution in [0, 0.1) is 0 Å². The number of nitrogens with zero attached hydrogens (tertiary/aromatic N) is 2. The molecule has 1 N–H and O–H groups in total. The lowest BCUT2D eigenvalue weighted by molar-refractivity contribution is -0.127. The molecule has 21 heavy (non-hydrogen) atoms. The SMILES string of the molecule is O=C1CCCN1CCN1CCOc2ccc(CO)cc2C1. The lowest BCUT2D eigenvalue weighted by Crippen LogP contribution is -2.36. The molecule has 1 aromatic carbocycles. The molecule has 1 saturated heterocycles. The molecule has 0 atom stereocenters. The number of rotatable bonds is 4. The quantitative estimate of drug-likeness (QED) is 0.899. The second kappa shape index (κ2) is 6.45. The van der Waals surface area contributed by atoms with Crippen LogP contribution in [0.1, 0.15) is 24.0 Å². The number of fused-ring (bicyclic) bond motifs is 1. The molecule has 2 heterocycles. The highest BCUT2D eigenvalue weighted by atomic mass is 16.5. The summed E-state index contributed by atoms with van der Waals surface area (Å²) in [6.07, 6.45) is 1.69. The van der Waals surface area contributed by atoms with Crippen molar-refractivity contribution in [3.63, 3.8) is 0 Å². The Hall–Kier alpha value is -1.59. The summed E-state index contributed by atoms with van der Waals surface area (Å²) in [4.78, 5) is 15.9. The van der Waals surface area contributed by atoms with E-state index >= 15 is 0 Å². The number of aliphatic hydroxyl groups is 1. The van der Waals surface area contributed by atoms with E-state index in [1.165, 1.54) is 0 Å². The molecular formula is C16H22N2O3. The fourth-order valence-corrected chi connectivity index (χ4v) is 2.99. The zero-order valence-electron chi connectivity index (χ0n) is 12.3. The van der Waals surface area contributed by atoms with Gasteiger partial charge in [0, 0.05) is 44.7 Å². The van der Waals surface area contributed by atoms with Crippen molar-refractivity contribution in [2.45, 2.75) is 26.0 Å². The van der Waals surface area contributed by atoms with Gasteiger partial charge in [0.25, 0.3) is 0 Å². The number of hydrogen-bond donors (Lipinski definition) is 1. The predicted octanol–water partition coefficient (Wildman–Crippen LogP) is 0.996. The van der Waals surface area contributed by atoms with E-state index in [0.717, 1.165) is 56.0 Å².